The van der Waals surface area contributed by atoms with Crippen molar-refractivity contribution < 1.29 is 13.2 Å². The van der Waals surface area contributed by atoms with Crippen LogP contribution in [0.4, 0.5) is 10.5 Å². The van der Waals surface area contributed by atoms with Gasteiger partial charge in [-0.2, -0.15) is 0 Å². The SMILES string of the molecule is Cc1cccc(N2CCN(C(=O)N(C)C3CCS(=O)(=O)C3)CC2)c1C. The van der Waals surface area contributed by atoms with Crippen LogP contribution in [-0.4, -0.2) is 75.0 Å². The van der Waals surface area contributed by atoms with Crippen molar-refractivity contribution in [2.45, 2.75) is 26.3 Å². The van der Waals surface area contributed by atoms with E-state index in [0.29, 0.717) is 19.5 Å². The van der Waals surface area contributed by atoms with E-state index >= 15 is 0 Å². The summed E-state index contributed by atoms with van der Waals surface area (Å²) in [7, 11) is -1.25. The molecule has 2 aliphatic heterocycles. The number of amides is 2. The van der Waals surface area contributed by atoms with Crippen molar-refractivity contribution in [3.8, 4) is 0 Å². The highest BCUT2D eigenvalue weighted by Crippen LogP contribution is 2.24. The number of benzene rings is 1. The molecule has 1 aromatic carbocycles. The van der Waals surface area contributed by atoms with Gasteiger partial charge in [-0.25, -0.2) is 13.2 Å². The number of hydrogen-bond acceptors (Lipinski definition) is 4. The summed E-state index contributed by atoms with van der Waals surface area (Å²) in [5.74, 6) is 0.285. The lowest BCUT2D eigenvalue weighted by Crippen LogP contribution is -2.54. The van der Waals surface area contributed by atoms with E-state index in [1.807, 2.05) is 4.90 Å². The first kappa shape index (κ1) is 18.0. The molecule has 1 unspecified atom stereocenters. The molecule has 0 aliphatic carbocycles. The van der Waals surface area contributed by atoms with E-state index in [1.165, 1.54) is 16.8 Å². The number of hydrogen-bond donors (Lipinski definition) is 0. The highest BCUT2D eigenvalue weighted by molar-refractivity contribution is 7.91. The van der Waals surface area contributed by atoms with Crippen molar-refractivity contribution >= 4 is 21.6 Å². The third-order valence-corrected chi connectivity index (χ3v) is 7.28. The summed E-state index contributed by atoms with van der Waals surface area (Å²) < 4.78 is 23.3. The van der Waals surface area contributed by atoms with E-state index in [4.69, 9.17) is 0 Å². The fourth-order valence-electron chi connectivity index (χ4n) is 3.68. The maximum Gasteiger partial charge on any atom is 0.320 e. The largest absolute Gasteiger partial charge is 0.368 e. The summed E-state index contributed by atoms with van der Waals surface area (Å²) in [6.45, 7) is 7.17. The fraction of sp³-hybridized carbons (Fsp3) is 0.611. The van der Waals surface area contributed by atoms with E-state index in [0.717, 1.165) is 13.1 Å². The molecule has 2 fully saturated rings. The minimum Gasteiger partial charge on any atom is -0.368 e. The Morgan fingerprint density at radius 3 is 2.44 bits per heavy atom. The van der Waals surface area contributed by atoms with Gasteiger partial charge in [-0.05, 0) is 37.5 Å². The molecule has 2 heterocycles. The number of anilines is 1. The highest BCUT2D eigenvalue weighted by Gasteiger charge is 2.35. The van der Waals surface area contributed by atoms with E-state index in [9.17, 15) is 13.2 Å². The van der Waals surface area contributed by atoms with Gasteiger partial charge in [-0.15, -0.1) is 0 Å². The first-order valence-corrected chi connectivity index (χ1v) is 10.6. The summed E-state index contributed by atoms with van der Waals surface area (Å²) in [5, 5.41) is 0. The third-order valence-electron chi connectivity index (χ3n) is 5.52. The average molecular weight is 365 g/mol. The van der Waals surface area contributed by atoms with E-state index in [2.05, 4.69) is 36.9 Å². The van der Waals surface area contributed by atoms with Crippen LogP contribution in [-0.2, 0) is 9.84 Å². The number of sulfone groups is 1. The zero-order valence-corrected chi connectivity index (χ0v) is 16.1. The molecule has 25 heavy (non-hydrogen) atoms. The van der Waals surface area contributed by atoms with Crippen molar-refractivity contribution in [1.82, 2.24) is 9.80 Å². The van der Waals surface area contributed by atoms with Crippen LogP contribution in [0, 0.1) is 13.8 Å². The number of nitrogens with zero attached hydrogens (tertiary/aromatic N) is 3. The number of rotatable bonds is 2. The number of urea groups is 1. The maximum atomic E-state index is 12.7. The van der Waals surface area contributed by atoms with Gasteiger partial charge in [0, 0.05) is 45.0 Å². The van der Waals surface area contributed by atoms with Crippen molar-refractivity contribution in [1.29, 1.82) is 0 Å². The lowest BCUT2D eigenvalue weighted by molar-refractivity contribution is 0.147. The van der Waals surface area contributed by atoms with Crippen molar-refractivity contribution in [2.75, 3.05) is 49.6 Å². The Morgan fingerprint density at radius 2 is 1.84 bits per heavy atom. The molecule has 0 saturated carbocycles. The van der Waals surface area contributed by atoms with Crippen LogP contribution in [0.1, 0.15) is 17.5 Å². The molecule has 2 amide bonds. The number of carbonyl (C=O) groups excluding carboxylic acids is 1. The Morgan fingerprint density at radius 1 is 1.16 bits per heavy atom. The van der Waals surface area contributed by atoms with Gasteiger partial charge >= 0.3 is 6.03 Å². The second-order valence-corrected chi connectivity index (χ2v) is 9.37. The Kier molecular flexibility index (Phi) is 4.95. The molecule has 1 atom stereocenters. The predicted molar refractivity (Wildman–Crippen MR) is 99.9 cm³/mol. The summed E-state index contributed by atoms with van der Waals surface area (Å²) in [6, 6.07) is 6.08. The van der Waals surface area contributed by atoms with Gasteiger partial charge < -0.3 is 14.7 Å². The zero-order chi connectivity index (χ0) is 18.2. The van der Waals surface area contributed by atoms with Crippen LogP contribution in [0.5, 0.6) is 0 Å². The van der Waals surface area contributed by atoms with Crippen molar-refractivity contribution in [3.05, 3.63) is 29.3 Å². The topological polar surface area (TPSA) is 60.9 Å². The Hall–Kier alpha value is -1.76. The minimum absolute atomic E-state index is 0.0530. The first-order chi connectivity index (χ1) is 11.8. The van der Waals surface area contributed by atoms with Crippen molar-refractivity contribution in [3.63, 3.8) is 0 Å². The Bertz CT molecular complexity index is 755. The quantitative estimate of drug-likeness (QED) is 0.800. The third kappa shape index (κ3) is 3.76. The van der Waals surface area contributed by atoms with Gasteiger partial charge in [0.1, 0.15) is 0 Å². The van der Waals surface area contributed by atoms with Gasteiger partial charge in [-0.3, -0.25) is 0 Å². The molecule has 1 aromatic rings. The van der Waals surface area contributed by atoms with Crippen LogP contribution in [0.25, 0.3) is 0 Å². The van der Waals surface area contributed by atoms with Crippen LogP contribution in [0.3, 0.4) is 0 Å². The van der Waals surface area contributed by atoms with E-state index in [-0.39, 0.29) is 23.6 Å². The molecule has 2 aliphatic rings. The summed E-state index contributed by atoms with van der Waals surface area (Å²) in [4.78, 5) is 18.5. The molecule has 2 saturated heterocycles. The monoisotopic (exact) mass is 365 g/mol. The minimum atomic E-state index is -2.98. The lowest BCUT2D eigenvalue weighted by atomic mass is 10.1. The van der Waals surface area contributed by atoms with Gasteiger partial charge in [0.25, 0.3) is 0 Å². The molecule has 0 bridgehead atoms. The summed E-state index contributed by atoms with van der Waals surface area (Å²) in [6.07, 6.45) is 0.549. The zero-order valence-electron chi connectivity index (χ0n) is 15.2. The molecule has 0 radical (unpaired) electrons. The van der Waals surface area contributed by atoms with Gasteiger partial charge in [0.2, 0.25) is 0 Å². The van der Waals surface area contributed by atoms with E-state index < -0.39 is 9.84 Å². The molecular formula is C18H27N3O3S. The first-order valence-electron chi connectivity index (χ1n) is 8.82. The average Bonchev–Trinajstić information content (AvgIpc) is 2.96. The number of piperazine rings is 1. The molecule has 138 valence electrons. The molecule has 0 N–H and O–H groups in total. The molecule has 3 rings (SSSR count). The van der Waals surface area contributed by atoms with Crippen LogP contribution >= 0.6 is 0 Å². The second-order valence-electron chi connectivity index (χ2n) is 7.14. The summed E-state index contributed by atoms with van der Waals surface area (Å²) >= 11 is 0. The lowest BCUT2D eigenvalue weighted by Gasteiger charge is -2.39. The molecule has 6 nitrogen and oxygen atoms in total. The standard InChI is InChI=1S/C18H27N3O3S/c1-14-5-4-6-17(15(14)2)20-8-10-21(11-9-20)18(22)19(3)16-7-12-25(23,24)13-16/h4-6,16H,7-13H2,1-3H3. The normalized spacial score (nSPS) is 22.9. The number of aryl methyl sites for hydroxylation is 1. The predicted octanol–water partition coefficient (Wildman–Crippen LogP) is 1.66. The smallest absolute Gasteiger partial charge is 0.320 e. The van der Waals surface area contributed by atoms with Crippen LogP contribution < -0.4 is 4.90 Å². The van der Waals surface area contributed by atoms with Gasteiger partial charge in [0.15, 0.2) is 9.84 Å². The highest BCUT2D eigenvalue weighted by atomic mass is 32.2. The summed E-state index contributed by atoms with van der Waals surface area (Å²) in [5.41, 5.74) is 3.80. The molecule has 7 heteroatoms. The maximum absolute atomic E-state index is 12.7. The molecule has 0 spiro atoms. The van der Waals surface area contributed by atoms with Crippen molar-refractivity contribution in [2.24, 2.45) is 0 Å². The molecule has 0 aromatic heterocycles. The van der Waals surface area contributed by atoms with Gasteiger partial charge in [-0.1, -0.05) is 12.1 Å². The van der Waals surface area contributed by atoms with Crippen LogP contribution in [0.15, 0.2) is 18.2 Å². The van der Waals surface area contributed by atoms with E-state index in [1.54, 1.807) is 11.9 Å². The Labute approximate surface area is 150 Å². The molecular weight excluding hydrogens is 338 g/mol. The van der Waals surface area contributed by atoms with Crippen LogP contribution in [0.2, 0.25) is 0 Å². The fourth-order valence-corrected chi connectivity index (χ4v) is 5.45. The second kappa shape index (κ2) is 6.86. The Balaban J connectivity index is 1.60. The number of carbonyl (C=O) groups is 1. The van der Waals surface area contributed by atoms with Gasteiger partial charge in [0.05, 0.1) is 11.5 Å².